The lowest BCUT2D eigenvalue weighted by Gasteiger charge is -2.11. The van der Waals surface area contributed by atoms with Gasteiger partial charge in [0.2, 0.25) is 10.0 Å². The zero-order valence-electron chi connectivity index (χ0n) is 15.9. The van der Waals surface area contributed by atoms with Crippen molar-refractivity contribution in [2.45, 2.75) is 18.4 Å². The van der Waals surface area contributed by atoms with Gasteiger partial charge in [-0.05, 0) is 58.2 Å². The Bertz CT molecular complexity index is 947. The Hall–Kier alpha value is -1.94. The third kappa shape index (κ3) is 5.78. The molecule has 0 saturated heterocycles. The molecule has 0 atom stereocenters. The highest BCUT2D eigenvalue weighted by Gasteiger charge is 2.18. The lowest BCUT2D eigenvalue weighted by molar-refractivity contribution is 0.0950. The van der Waals surface area contributed by atoms with E-state index < -0.39 is 10.0 Å². The van der Waals surface area contributed by atoms with Gasteiger partial charge in [0.25, 0.3) is 5.91 Å². The number of hydrogen-bond donors (Lipinski definition) is 2. The minimum Gasteiger partial charge on any atom is -0.496 e. The van der Waals surface area contributed by atoms with Gasteiger partial charge in [-0.1, -0.05) is 12.1 Å². The van der Waals surface area contributed by atoms with Crippen LogP contribution >= 0.6 is 15.9 Å². The summed E-state index contributed by atoms with van der Waals surface area (Å²) in [6.07, 6.45) is 0. The third-order valence-electron chi connectivity index (χ3n) is 4.02. The average Bonchev–Trinajstić information content (AvgIpc) is 2.67. The van der Waals surface area contributed by atoms with Crippen LogP contribution in [-0.4, -0.2) is 41.7 Å². The minimum atomic E-state index is -3.73. The van der Waals surface area contributed by atoms with Crippen molar-refractivity contribution in [3.05, 3.63) is 57.6 Å². The van der Waals surface area contributed by atoms with Crippen molar-refractivity contribution >= 4 is 31.9 Å². The van der Waals surface area contributed by atoms with Crippen LogP contribution in [0.1, 0.15) is 21.5 Å². The number of aryl methyl sites for hydroxylation is 1. The molecule has 152 valence electrons. The van der Waals surface area contributed by atoms with Gasteiger partial charge in [0, 0.05) is 24.7 Å². The van der Waals surface area contributed by atoms with Crippen LogP contribution in [0.4, 0.5) is 0 Å². The van der Waals surface area contributed by atoms with Crippen LogP contribution in [0.5, 0.6) is 5.75 Å². The maximum Gasteiger partial charge on any atom is 0.252 e. The molecule has 2 rings (SSSR count). The van der Waals surface area contributed by atoms with E-state index in [0.717, 1.165) is 16.9 Å². The number of sulfonamides is 1. The molecule has 0 heterocycles. The highest BCUT2D eigenvalue weighted by molar-refractivity contribution is 9.10. The van der Waals surface area contributed by atoms with Gasteiger partial charge in [-0.25, -0.2) is 13.1 Å². The smallest absolute Gasteiger partial charge is 0.252 e. The van der Waals surface area contributed by atoms with Crippen molar-refractivity contribution in [3.63, 3.8) is 0 Å². The van der Waals surface area contributed by atoms with E-state index in [1.807, 2.05) is 25.1 Å². The van der Waals surface area contributed by atoms with Crippen molar-refractivity contribution in [2.75, 3.05) is 27.4 Å². The number of nitrogens with one attached hydrogen (secondary N) is 2. The summed E-state index contributed by atoms with van der Waals surface area (Å²) in [5.41, 5.74) is 2.10. The van der Waals surface area contributed by atoms with Crippen LogP contribution in [0, 0.1) is 6.92 Å². The standard InChI is InChI=1S/C19H23BrN2O5S/c1-13-4-5-14(10-18(13)27-3)12-21-19(23)16-11-15(6-7-17(16)20)28(24,25)22-8-9-26-2/h4-7,10-11,22H,8-9,12H2,1-3H3,(H,21,23). The molecular formula is C19H23BrN2O5S. The molecule has 0 unspecified atom stereocenters. The molecular weight excluding hydrogens is 448 g/mol. The second-order valence-electron chi connectivity index (χ2n) is 6.02. The van der Waals surface area contributed by atoms with E-state index in [1.165, 1.54) is 25.3 Å². The summed E-state index contributed by atoms with van der Waals surface area (Å²) in [7, 11) is -0.656. The molecule has 2 N–H and O–H groups in total. The molecule has 0 saturated carbocycles. The summed E-state index contributed by atoms with van der Waals surface area (Å²) in [5, 5.41) is 2.80. The predicted molar refractivity (Wildman–Crippen MR) is 110 cm³/mol. The Morgan fingerprint density at radius 2 is 1.89 bits per heavy atom. The largest absolute Gasteiger partial charge is 0.496 e. The van der Waals surface area contributed by atoms with E-state index in [9.17, 15) is 13.2 Å². The molecule has 9 heteroatoms. The van der Waals surface area contributed by atoms with Crippen LogP contribution in [-0.2, 0) is 21.3 Å². The molecule has 2 aromatic carbocycles. The minimum absolute atomic E-state index is 0.00829. The number of carbonyl (C=O) groups is 1. The third-order valence-corrected chi connectivity index (χ3v) is 6.17. The first kappa shape index (κ1) is 22.4. The normalized spacial score (nSPS) is 11.3. The Labute approximate surface area is 173 Å². The zero-order chi connectivity index (χ0) is 20.7. The molecule has 7 nitrogen and oxygen atoms in total. The molecule has 0 aliphatic heterocycles. The first-order valence-electron chi connectivity index (χ1n) is 8.48. The summed E-state index contributed by atoms with van der Waals surface area (Å²) in [5.74, 6) is 0.350. The molecule has 0 radical (unpaired) electrons. The van der Waals surface area contributed by atoms with Crippen LogP contribution in [0.25, 0.3) is 0 Å². The average molecular weight is 471 g/mol. The Morgan fingerprint density at radius 1 is 1.14 bits per heavy atom. The quantitative estimate of drug-likeness (QED) is 0.549. The van der Waals surface area contributed by atoms with Gasteiger partial charge in [-0.2, -0.15) is 0 Å². The number of carbonyl (C=O) groups excluding carboxylic acids is 1. The van der Waals surface area contributed by atoms with Gasteiger partial charge in [0.05, 0.1) is 24.2 Å². The van der Waals surface area contributed by atoms with E-state index in [4.69, 9.17) is 9.47 Å². The van der Waals surface area contributed by atoms with Gasteiger partial charge in [-0.15, -0.1) is 0 Å². The van der Waals surface area contributed by atoms with Gasteiger partial charge in [-0.3, -0.25) is 4.79 Å². The fourth-order valence-electron chi connectivity index (χ4n) is 2.46. The molecule has 0 bridgehead atoms. The number of rotatable bonds is 9. The van der Waals surface area contributed by atoms with E-state index in [-0.39, 0.29) is 36.1 Å². The fraction of sp³-hybridized carbons (Fsp3) is 0.316. The SMILES string of the molecule is COCCNS(=O)(=O)c1ccc(Br)c(C(=O)NCc2ccc(C)c(OC)c2)c1. The molecule has 1 amide bonds. The van der Waals surface area contributed by atoms with E-state index in [0.29, 0.717) is 4.47 Å². The van der Waals surface area contributed by atoms with Crippen molar-refractivity contribution < 1.29 is 22.7 Å². The second-order valence-corrected chi connectivity index (χ2v) is 8.64. The lowest BCUT2D eigenvalue weighted by Crippen LogP contribution is -2.28. The fourth-order valence-corrected chi connectivity index (χ4v) is 3.92. The Morgan fingerprint density at radius 3 is 2.57 bits per heavy atom. The predicted octanol–water partition coefficient (Wildman–Crippen LogP) is 2.62. The van der Waals surface area contributed by atoms with Crippen LogP contribution < -0.4 is 14.8 Å². The van der Waals surface area contributed by atoms with Gasteiger partial charge in [0.15, 0.2) is 0 Å². The first-order chi connectivity index (χ1) is 13.3. The highest BCUT2D eigenvalue weighted by atomic mass is 79.9. The lowest BCUT2D eigenvalue weighted by atomic mass is 10.1. The van der Waals surface area contributed by atoms with Crippen molar-refractivity contribution in [3.8, 4) is 5.75 Å². The Kier molecular flexibility index (Phi) is 7.99. The molecule has 0 aromatic heterocycles. The number of methoxy groups -OCH3 is 2. The molecule has 0 aliphatic rings. The second kappa shape index (κ2) is 10.0. The van der Waals surface area contributed by atoms with Gasteiger partial charge >= 0.3 is 0 Å². The zero-order valence-corrected chi connectivity index (χ0v) is 18.3. The molecule has 0 fully saturated rings. The maximum absolute atomic E-state index is 12.6. The number of benzene rings is 2. The Balaban J connectivity index is 2.14. The molecule has 0 spiro atoms. The number of ether oxygens (including phenoxy) is 2. The monoisotopic (exact) mass is 470 g/mol. The number of halogens is 1. The van der Waals surface area contributed by atoms with E-state index >= 15 is 0 Å². The van der Waals surface area contributed by atoms with Crippen LogP contribution in [0.15, 0.2) is 45.8 Å². The van der Waals surface area contributed by atoms with Gasteiger partial charge < -0.3 is 14.8 Å². The summed E-state index contributed by atoms with van der Waals surface area (Å²) in [6.45, 7) is 2.62. The van der Waals surface area contributed by atoms with Crippen molar-refractivity contribution in [2.24, 2.45) is 0 Å². The molecule has 2 aromatic rings. The van der Waals surface area contributed by atoms with Crippen molar-refractivity contribution in [1.29, 1.82) is 0 Å². The topological polar surface area (TPSA) is 93.7 Å². The summed E-state index contributed by atoms with van der Waals surface area (Å²) in [6, 6.07) is 9.97. The molecule has 0 aliphatic carbocycles. The summed E-state index contributed by atoms with van der Waals surface area (Å²) >= 11 is 3.30. The first-order valence-corrected chi connectivity index (χ1v) is 10.8. The summed E-state index contributed by atoms with van der Waals surface area (Å²) < 4.78 is 37.8. The van der Waals surface area contributed by atoms with Gasteiger partial charge in [0.1, 0.15) is 5.75 Å². The maximum atomic E-state index is 12.6. The van der Waals surface area contributed by atoms with Crippen molar-refractivity contribution in [1.82, 2.24) is 10.0 Å². The van der Waals surface area contributed by atoms with Crippen LogP contribution in [0.3, 0.4) is 0 Å². The highest BCUT2D eigenvalue weighted by Crippen LogP contribution is 2.22. The molecule has 28 heavy (non-hydrogen) atoms. The van der Waals surface area contributed by atoms with Crippen LogP contribution in [0.2, 0.25) is 0 Å². The number of hydrogen-bond acceptors (Lipinski definition) is 5. The summed E-state index contributed by atoms with van der Waals surface area (Å²) in [4.78, 5) is 12.6. The van der Waals surface area contributed by atoms with E-state index in [1.54, 1.807) is 7.11 Å². The number of amides is 1. The van der Waals surface area contributed by atoms with E-state index in [2.05, 4.69) is 26.0 Å².